The Morgan fingerprint density at radius 3 is 2.57 bits per heavy atom. The van der Waals surface area contributed by atoms with Gasteiger partial charge in [-0.2, -0.15) is 0 Å². The van der Waals surface area contributed by atoms with Crippen LogP contribution in [0.25, 0.3) is 10.6 Å². The van der Waals surface area contributed by atoms with Crippen molar-refractivity contribution in [1.82, 2.24) is 9.97 Å². The number of nitrogens with zero attached hydrogens (tertiary/aromatic N) is 2. The lowest BCUT2D eigenvalue weighted by Crippen LogP contribution is -2.11. The van der Waals surface area contributed by atoms with Crippen LogP contribution in [0.15, 0.2) is 54.2 Å². The van der Waals surface area contributed by atoms with E-state index < -0.39 is 0 Å². The molecule has 5 heteroatoms. The number of thiazole rings is 1. The summed E-state index contributed by atoms with van der Waals surface area (Å²) < 4.78 is 0. The summed E-state index contributed by atoms with van der Waals surface area (Å²) in [5.41, 5.74) is 3.24. The highest BCUT2D eigenvalue weighted by molar-refractivity contribution is 7.13. The number of hydrogen-bond donors (Lipinski definition) is 1. The minimum atomic E-state index is -0.133. The molecule has 0 aliphatic rings. The summed E-state index contributed by atoms with van der Waals surface area (Å²) in [6.45, 7) is 1.89. The highest BCUT2D eigenvalue weighted by Gasteiger charge is 2.07. The van der Waals surface area contributed by atoms with Gasteiger partial charge in [-0.3, -0.25) is 9.78 Å². The summed E-state index contributed by atoms with van der Waals surface area (Å²) >= 11 is 1.58. The SMILES string of the molecule is Cc1cc(NC(=O)c2ccc(-c3nccs3)cc2)ccn1. The number of anilines is 1. The monoisotopic (exact) mass is 295 g/mol. The van der Waals surface area contributed by atoms with Gasteiger partial charge in [-0.05, 0) is 31.2 Å². The lowest BCUT2D eigenvalue weighted by atomic mass is 10.1. The van der Waals surface area contributed by atoms with E-state index in [1.165, 1.54) is 0 Å². The molecule has 3 rings (SSSR count). The van der Waals surface area contributed by atoms with Gasteiger partial charge in [-0.15, -0.1) is 11.3 Å². The lowest BCUT2D eigenvalue weighted by Gasteiger charge is -2.06. The van der Waals surface area contributed by atoms with Gasteiger partial charge >= 0.3 is 0 Å². The Morgan fingerprint density at radius 1 is 1.10 bits per heavy atom. The quantitative estimate of drug-likeness (QED) is 0.800. The predicted molar refractivity (Wildman–Crippen MR) is 84.5 cm³/mol. The molecule has 2 aromatic heterocycles. The molecule has 1 N–H and O–H groups in total. The highest BCUT2D eigenvalue weighted by atomic mass is 32.1. The first-order valence-corrected chi connectivity index (χ1v) is 7.34. The molecule has 0 bridgehead atoms. The Labute approximate surface area is 126 Å². The van der Waals surface area contributed by atoms with Crippen molar-refractivity contribution in [2.75, 3.05) is 5.32 Å². The van der Waals surface area contributed by atoms with Crippen LogP contribution < -0.4 is 5.32 Å². The third kappa shape index (κ3) is 3.14. The summed E-state index contributed by atoms with van der Waals surface area (Å²) in [7, 11) is 0. The summed E-state index contributed by atoms with van der Waals surface area (Å²) in [6, 6.07) is 11.0. The molecule has 3 aromatic rings. The van der Waals surface area contributed by atoms with Gasteiger partial charge in [0.2, 0.25) is 0 Å². The number of nitrogens with one attached hydrogen (secondary N) is 1. The van der Waals surface area contributed by atoms with Crippen molar-refractivity contribution in [3.05, 3.63) is 65.4 Å². The Hall–Kier alpha value is -2.53. The topological polar surface area (TPSA) is 54.9 Å². The molecule has 21 heavy (non-hydrogen) atoms. The number of pyridine rings is 1. The average molecular weight is 295 g/mol. The molecule has 0 aliphatic carbocycles. The van der Waals surface area contributed by atoms with Crippen LogP contribution in [0.4, 0.5) is 5.69 Å². The van der Waals surface area contributed by atoms with Crippen molar-refractivity contribution in [2.45, 2.75) is 6.92 Å². The van der Waals surface area contributed by atoms with Crippen LogP contribution in [0, 0.1) is 6.92 Å². The summed E-state index contributed by atoms with van der Waals surface area (Å²) in [6.07, 6.45) is 3.45. The predicted octanol–water partition coefficient (Wildman–Crippen LogP) is 3.77. The van der Waals surface area contributed by atoms with Gasteiger partial charge in [0.1, 0.15) is 5.01 Å². The first-order chi connectivity index (χ1) is 10.2. The van der Waals surface area contributed by atoms with E-state index in [4.69, 9.17) is 0 Å². The molecule has 0 fully saturated rings. The number of amides is 1. The first-order valence-electron chi connectivity index (χ1n) is 6.46. The van der Waals surface area contributed by atoms with Crippen molar-refractivity contribution in [3.8, 4) is 10.6 Å². The Morgan fingerprint density at radius 2 is 1.90 bits per heavy atom. The second kappa shape index (κ2) is 5.85. The number of benzene rings is 1. The zero-order chi connectivity index (χ0) is 14.7. The molecule has 2 heterocycles. The Bertz CT molecular complexity index is 751. The summed E-state index contributed by atoms with van der Waals surface area (Å²) in [4.78, 5) is 20.5. The van der Waals surface area contributed by atoms with Crippen molar-refractivity contribution in [2.24, 2.45) is 0 Å². The molecule has 0 radical (unpaired) electrons. The number of carbonyl (C=O) groups is 1. The van der Waals surface area contributed by atoms with Gasteiger partial charge in [0.05, 0.1) is 0 Å². The van der Waals surface area contributed by atoms with E-state index in [1.807, 2.05) is 30.5 Å². The van der Waals surface area contributed by atoms with Crippen molar-refractivity contribution < 1.29 is 4.79 Å². The fraction of sp³-hybridized carbons (Fsp3) is 0.0625. The van der Waals surface area contributed by atoms with Crippen molar-refractivity contribution in [1.29, 1.82) is 0 Å². The first kappa shape index (κ1) is 13.5. The molecule has 104 valence electrons. The van der Waals surface area contributed by atoms with Gasteiger partial charge in [-0.1, -0.05) is 12.1 Å². The van der Waals surface area contributed by atoms with Gasteiger partial charge < -0.3 is 5.32 Å². The molecular formula is C16H13N3OS. The maximum absolute atomic E-state index is 12.2. The second-order valence-electron chi connectivity index (χ2n) is 4.55. The maximum Gasteiger partial charge on any atom is 0.255 e. The summed E-state index contributed by atoms with van der Waals surface area (Å²) in [5, 5.41) is 5.74. The maximum atomic E-state index is 12.2. The van der Waals surface area contributed by atoms with Crippen LogP contribution in [0.1, 0.15) is 16.1 Å². The standard InChI is InChI=1S/C16H13N3OS/c1-11-10-14(6-7-17-11)19-15(20)12-2-4-13(5-3-12)16-18-8-9-21-16/h2-10H,1H3,(H,17,19,20). The molecule has 1 amide bonds. The minimum Gasteiger partial charge on any atom is -0.322 e. The number of aryl methyl sites for hydroxylation is 1. The van der Waals surface area contributed by atoms with Crippen LogP contribution >= 0.6 is 11.3 Å². The fourth-order valence-electron chi connectivity index (χ4n) is 1.96. The molecule has 0 atom stereocenters. The van der Waals surface area contributed by atoms with Crippen molar-refractivity contribution in [3.63, 3.8) is 0 Å². The zero-order valence-corrected chi connectivity index (χ0v) is 12.2. The smallest absolute Gasteiger partial charge is 0.255 e. The minimum absolute atomic E-state index is 0.133. The number of aromatic nitrogens is 2. The third-order valence-corrected chi connectivity index (χ3v) is 3.80. The van der Waals surface area contributed by atoms with E-state index in [2.05, 4.69) is 15.3 Å². The van der Waals surface area contributed by atoms with Gasteiger partial charge in [-0.25, -0.2) is 4.98 Å². The largest absolute Gasteiger partial charge is 0.322 e. The van der Waals surface area contributed by atoms with E-state index >= 15 is 0 Å². The van der Waals surface area contributed by atoms with E-state index in [1.54, 1.807) is 41.9 Å². The normalized spacial score (nSPS) is 10.3. The van der Waals surface area contributed by atoms with Crippen LogP contribution in [0.5, 0.6) is 0 Å². The van der Waals surface area contributed by atoms with E-state index in [0.717, 1.165) is 22.0 Å². The highest BCUT2D eigenvalue weighted by Crippen LogP contribution is 2.22. The molecule has 4 nitrogen and oxygen atoms in total. The van der Waals surface area contributed by atoms with Crippen molar-refractivity contribution >= 4 is 22.9 Å². The molecule has 0 unspecified atom stereocenters. The van der Waals surface area contributed by atoms with E-state index in [0.29, 0.717) is 5.56 Å². The Balaban J connectivity index is 1.76. The number of carbonyl (C=O) groups excluding carboxylic acids is 1. The third-order valence-electron chi connectivity index (χ3n) is 2.98. The number of hydrogen-bond acceptors (Lipinski definition) is 4. The average Bonchev–Trinajstić information content (AvgIpc) is 3.01. The molecular weight excluding hydrogens is 282 g/mol. The second-order valence-corrected chi connectivity index (χ2v) is 5.45. The molecule has 0 aliphatic heterocycles. The molecule has 0 saturated heterocycles. The van der Waals surface area contributed by atoms with E-state index in [9.17, 15) is 4.79 Å². The van der Waals surface area contributed by atoms with Crippen LogP contribution in [-0.2, 0) is 0 Å². The van der Waals surface area contributed by atoms with Crippen LogP contribution in [0.2, 0.25) is 0 Å². The summed E-state index contributed by atoms with van der Waals surface area (Å²) in [5.74, 6) is -0.133. The lowest BCUT2D eigenvalue weighted by molar-refractivity contribution is 0.102. The molecule has 1 aromatic carbocycles. The molecule has 0 saturated carbocycles. The van der Waals surface area contributed by atoms with Gasteiger partial charge in [0.25, 0.3) is 5.91 Å². The van der Waals surface area contributed by atoms with E-state index in [-0.39, 0.29) is 5.91 Å². The Kier molecular flexibility index (Phi) is 3.75. The number of rotatable bonds is 3. The van der Waals surface area contributed by atoms with Crippen LogP contribution in [-0.4, -0.2) is 15.9 Å². The van der Waals surface area contributed by atoms with Gasteiger partial charge in [0.15, 0.2) is 0 Å². The molecule has 0 spiro atoms. The zero-order valence-electron chi connectivity index (χ0n) is 11.4. The fourth-order valence-corrected chi connectivity index (χ4v) is 2.60. The van der Waals surface area contributed by atoms with Crippen LogP contribution in [0.3, 0.4) is 0 Å². The van der Waals surface area contributed by atoms with Gasteiger partial charge in [0, 0.05) is 40.3 Å².